The van der Waals surface area contributed by atoms with Gasteiger partial charge in [-0.05, 0) is 25.8 Å². The first-order valence-corrected chi connectivity index (χ1v) is 7.44. The van der Waals surface area contributed by atoms with Gasteiger partial charge in [0.15, 0.2) is 0 Å². The van der Waals surface area contributed by atoms with Gasteiger partial charge in [-0.25, -0.2) is 0 Å². The van der Waals surface area contributed by atoms with E-state index in [-0.39, 0.29) is 7.33 Å². The van der Waals surface area contributed by atoms with E-state index < -0.39 is 0 Å². The number of hydrogen-bond acceptors (Lipinski definition) is 4. The summed E-state index contributed by atoms with van der Waals surface area (Å²) in [6.07, 6.45) is 4.56. The first-order chi connectivity index (χ1) is 9.11. The second-order valence-corrected chi connectivity index (χ2v) is 5.31. The maximum absolute atomic E-state index is 9.22. The van der Waals surface area contributed by atoms with Crippen LogP contribution >= 0.6 is 0 Å². The third-order valence-corrected chi connectivity index (χ3v) is 3.73. The summed E-state index contributed by atoms with van der Waals surface area (Å²) in [6, 6.07) is 0. The molecule has 1 heterocycles. The van der Waals surface area contributed by atoms with Gasteiger partial charge in [0.2, 0.25) is 5.91 Å². The molecule has 0 aromatic rings. The molecule has 2 rings (SSSR count). The van der Waals surface area contributed by atoms with Crippen molar-refractivity contribution in [2.45, 2.75) is 39.2 Å². The van der Waals surface area contributed by atoms with E-state index in [1.807, 2.05) is 0 Å². The number of rotatable bonds is 5. The van der Waals surface area contributed by atoms with E-state index in [9.17, 15) is 4.79 Å². The van der Waals surface area contributed by atoms with Gasteiger partial charge >= 0.3 is 0 Å². The van der Waals surface area contributed by atoms with Crippen molar-refractivity contribution in [3.8, 4) is 0 Å². The van der Waals surface area contributed by atoms with E-state index in [1.165, 1.54) is 58.9 Å². The molecule has 0 bridgehead atoms. The van der Waals surface area contributed by atoms with E-state index in [1.54, 1.807) is 0 Å². The van der Waals surface area contributed by atoms with E-state index in [2.05, 4.69) is 22.5 Å². The second kappa shape index (κ2) is 9.28. The maximum Gasteiger partial charge on any atom is 0.214 e. The monoisotopic (exact) mass is 273 g/mol. The molecule has 0 atom stereocenters. The molecule has 19 heavy (non-hydrogen) atoms. The highest BCUT2D eigenvalue weighted by atomic mass is 16.5. The predicted octanol–water partition coefficient (Wildman–Crippen LogP) is 0.931. The van der Waals surface area contributed by atoms with Gasteiger partial charge in [0, 0.05) is 41.1 Å². The Kier molecular flexibility index (Phi) is 8.02. The normalized spacial score (nSPS) is 21.4. The highest BCUT2D eigenvalue weighted by molar-refractivity contribution is 5.70. The Hall–Kier alpha value is -0.650. The molecule has 1 aliphatic carbocycles. The lowest BCUT2D eigenvalue weighted by atomic mass is 9.96. The van der Waals surface area contributed by atoms with Crippen LogP contribution in [-0.2, 0) is 9.53 Å². The SMILES string of the molecule is CC(N)=O.CCN1CCN(CCOC2CCC2)CC1.[HH]. The average Bonchev–Trinajstić information content (AvgIpc) is 2.32. The number of ether oxygens (including phenoxy) is 1. The van der Waals surface area contributed by atoms with Crippen LogP contribution in [0.4, 0.5) is 0 Å². The minimum atomic E-state index is -0.333. The molecule has 1 amide bonds. The number of carbonyl (C=O) groups is 1. The van der Waals surface area contributed by atoms with E-state index in [4.69, 9.17) is 4.74 Å². The summed E-state index contributed by atoms with van der Waals surface area (Å²) < 4.78 is 5.78. The summed E-state index contributed by atoms with van der Waals surface area (Å²) in [6.45, 7) is 11.7. The van der Waals surface area contributed by atoms with Gasteiger partial charge in [-0.3, -0.25) is 9.69 Å². The largest absolute Gasteiger partial charge is 0.377 e. The molecule has 1 saturated heterocycles. The summed E-state index contributed by atoms with van der Waals surface area (Å²) in [5.74, 6) is -0.333. The number of carbonyl (C=O) groups excluding carboxylic acids is 1. The van der Waals surface area contributed by atoms with Crippen molar-refractivity contribution in [2.75, 3.05) is 45.9 Å². The molecule has 2 fully saturated rings. The Bertz CT molecular complexity index is 251. The number of amides is 1. The molecule has 5 heteroatoms. The summed E-state index contributed by atoms with van der Waals surface area (Å²) >= 11 is 0. The second-order valence-electron chi connectivity index (χ2n) is 5.31. The third kappa shape index (κ3) is 7.50. The van der Waals surface area contributed by atoms with Crippen LogP contribution in [0.15, 0.2) is 0 Å². The number of piperazine rings is 1. The zero-order valence-electron chi connectivity index (χ0n) is 12.4. The highest BCUT2D eigenvalue weighted by Gasteiger charge is 2.19. The lowest BCUT2D eigenvalue weighted by Gasteiger charge is -2.34. The van der Waals surface area contributed by atoms with Crippen LogP contribution < -0.4 is 5.73 Å². The lowest BCUT2D eigenvalue weighted by molar-refractivity contribution is -0.115. The van der Waals surface area contributed by atoms with E-state index in [0.717, 1.165) is 13.2 Å². The van der Waals surface area contributed by atoms with Gasteiger partial charge in [-0.15, -0.1) is 0 Å². The van der Waals surface area contributed by atoms with Gasteiger partial charge in [0.1, 0.15) is 0 Å². The van der Waals surface area contributed by atoms with Gasteiger partial charge in [-0.1, -0.05) is 6.92 Å². The topological polar surface area (TPSA) is 58.8 Å². The number of nitrogens with two attached hydrogens (primary N) is 1. The van der Waals surface area contributed by atoms with Crippen LogP contribution in [0.25, 0.3) is 0 Å². The van der Waals surface area contributed by atoms with Crippen molar-refractivity contribution in [3.05, 3.63) is 0 Å². The quantitative estimate of drug-likeness (QED) is 0.809. The molecule has 2 N–H and O–H groups in total. The molecule has 1 saturated carbocycles. The van der Waals surface area contributed by atoms with Crippen LogP contribution in [0, 0.1) is 0 Å². The van der Waals surface area contributed by atoms with Crippen molar-refractivity contribution in [3.63, 3.8) is 0 Å². The zero-order valence-corrected chi connectivity index (χ0v) is 12.4. The molecule has 0 aromatic carbocycles. The standard InChI is InChI=1S/C12H24N2O.C2H5NO.H2/c1-2-13-6-8-14(9-7-13)10-11-15-12-4-3-5-12;1-2(3)4;/h12H,2-11H2,1H3;1H3,(H2,3,4);1H. The first kappa shape index (κ1) is 16.4. The number of nitrogens with zero attached hydrogens (tertiary/aromatic N) is 2. The van der Waals surface area contributed by atoms with Crippen LogP contribution in [0.5, 0.6) is 0 Å². The fourth-order valence-corrected chi connectivity index (χ4v) is 2.22. The molecule has 0 spiro atoms. The van der Waals surface area contributed by atoms with Crippen LogP contribution in [0.1, 0.15) is 34.5 Å². The Morgan fingerprint density at radius 1 is 1.26 bits per heavy atom. The number of likely N-dealkylation sites (N-methyl/N-ethyl adjacent to an activating group) is 1. The van der Waals surface area contributed by atoms with Crippen LogP contribution in [0.3, 0.4) is 0 Å². The fourth-order valence-electron chi connectivity index (χ4n) is 2.22. The molecular formula is C14H31N3O2. The molecule has 0 aromatic heterocycles. The number of hydrogen-bond donors (Lipinski definition) is 1. The molecule has 2 aliphatic rings. The lowest BCUT2D eigenvalue weighted by Crippen LogP contribution is -2.47. The van der Waals surface area contributed by atoms with Crippen LogP contribution in [0.2, 0.25) is 0 Å². The fraction of sp³-hybridized carbons (Fsp3) is 0.929. The molecule has 114 valence electrons. The molecule has 5 nitrogen and oxygen atoms in total. The molecule has 0 unspecified atom stereocenters. The summed E-state index contributed by atoms with van der Waals surface area (Å²) in [5.41, 5.74) is 4.47. The van der Waals surface area contributed by atoms with Gasteiger partial charge in [0.25, 0.3) is 0 Å². The highest BCUT2D eigenvalue weighted by Crippen LogP contribution is 2.21. The maximum atomic E-state index is 9.22. The molecule has 0 radical (unpaired) electrons. The third-order valence-electron chi connectivity index (χ3n) is 3.73. The summed E-state index contributed by atoms with van der Waals surface area (Å²) in [7, 11) is 0. The Morgan fingerprint density at radius 3 is 2.21 bits per heavy atom. The summed E-state index contributed by atoms with van der Waals surface area (Å²) in [5, 5.41) is 0. The van der Waals surface area contributed by atoms with Crippen molar-refractivity contribution in [2.24, 2.45) is 5.73 Å². The molecular weight excluding hydrogens is 242 g/mol. The van der Waals surface area contributed by atoms with Crippen molar-refractivity contribution in [1.29, 1.82) is 0 Å². The minimum Gasteiger partial charge on any atom is -0.377 e. The van der Waals surface area contributed by atoms with Gasteiger partial charge in [-0.2, -0.15) is 0 Å². The Morgan fingerprint density at radius 2 is 1.79 bits per heavy atom. The Balaban J connectivity index is 0.000000644. The summed E-state index contributed by atoms with van der Waals surface area (Å²) in [4.78, 5) is 14.3. The van der Waals surface area contributed by atoms with Crippen molar-refractivity contribution >= 4 is 5.91 Å². The average molecular weight is 273 g/mol. The Labute approximate surface area is 118 Å². The van der Waals surface area contributed by atoms with E-state index >= 15 is 0 Å². The first-order valence-electron chi connectivity index (χ1n) is 7.44. The zero-order chi connectivity index (χ0) is 14.1. The van der Waals surface area contributed by atoms with Gasteiger partial charge in [0.05, 0.1) is 12.7 Å². The van der Waals surface area contributed by atoms with E-state index in [0.29, 0.717) is 6.10 Å². The minimum absolute atomic E-state index is 0. The smallest absolute Gasteiger partial charge is 0.214 e. The van der Waals surface area contributed by atoms with Crippen molar-refractivity contribution in [1.82, 2.24) is 9.80 Å². The predicted molar refractivity (Wildman–Crippen MR) is 79.1 cm³/mol. The molecule has 1 aliphatic heterocycles. The van der Waals surface area contributed by atoms with Crippen LogP contribution in [-0.4, -0.2) is 67.7 Å². The number of primary amides is 1. The van der Waals surface area contributed by atoms with Crippen molar-refractivity contribution < 1.29 is 11.0 Å². The van der Waals surface area contributed by atoms with Gasteiger partial charge < -0.3 is 15.4 Å².